The van der Waals surface area contributed by atoms with Crippen LogP contribution in [0.25, 0.3) is 0 Å². The highest BCUT2D eigenvalue weighted by molar-refractivity contribution is 9.10. The topological polar surface area (TPSA) is 21.3 Å². The lowest BCUT2D eigenvalue weighted by atomic mass is 10.1. The van der Waals surface area contributed by atoms with E-state index >= 15 is 0 Å². The number of halogens is 4. The number of hydrogen-bond acceptors (Lipinski definition) is 2. The molecule has 2 unspecified atom stereocenters. The van der Waals surface area contributed by atoms with Crippen molar-refractivity contribution in [2.24, 2.45) is 0 Å². The highest BCUT2D eigenvalue weighted by Gasteiger charge is 2.35. The minimum absolute atomic E-state index is 0.0743. The standard InChI is InChI=1S/C12H13BrF3NO/c1-7-10(4-5-18-7)17-11-3-2-8(13)6-9(11)12(14,15)16/h2-3,6-7,10,17H,4-5H2,1H3. The first-order valence-electron chi connectivity index (χ1n) is 5.63. The molecule has 0 bridgehead atoms. The van der Waals surface area contributed by atoms with Crippen molar-refractivity contribution in [3.63, 3.8) is 0 Å². The zero-order valence-corrected chi connectivity index (χ0v) is 11.3. The van der Waals surface area contributed by atoms with Crippen LogP contribution in [0, 0.1) is 0 Å². The Labute approximate surface area is 112 Å². The highest BCUT2D eigenvalue weighted by Crippen LogP contribution is 2.37. The van der Waals surface area contributed by atoms with Crippen molar-refractivity contribution in [1.29, 1.82) is 0 Å². The maximum atomic E-state index is 12.9. The molecule has 1 heterocycles. The van der Waals surface area contributed by atoms with Crippen LogP contribution in [0.1, 0.15) is 18.9 Å². The number of rotatable bonds is 2. The zero-order chi connectivity index (χ0) is 13.3. The van der Waals surface area contributed by atoms with Crippen LogP contribution in [0.2, 0.25) is 0 Å². The average molecular weight is 324 g/mol. The molecule has 0 amide bonds. The normalized spacial score (nSPS) is 24.3. The van der Waals surface area contributed by atoms with Gasteiger partial charge in [-0.1, -0.05) is 15.9 Å². The summed E-state index contributed by atoms with van der Waals surface area (Å²) in [6.45, 7) is 2.44. The molecule has 18 heavy (non-hydrogen) atoms. The lowest BCUT2D eigenvalue weighted by molar-refractivity contribution is -0.137. The van der Waals surface area contributed by atoms with E-state index in [0.717, 1.165) is 6.07 Å². The maximum absolute atomic E-state index is 12.9. The molecule has 1 aromatic carbocycles. The molecule has 2 atom stereocenters. The Kier molecular flexibility index (Phi) is 3.87. The SMILES string of the molecule is CC1OCCC1Nc1ccc(Br)cc1C(F)(F)F. The van der Waals surface area contributed by atoms with Crippen LogP contribution in [0.4, 0.5) is 18.9 Å². The summed E-state index contributed by atoms with van der Waals surface area (Å²) in [5.41, 5.74) is -0.552. The predicted molar refractivity (Wildman–Crippen MR) is 66.6 cm³/mol. The summed E-state index contributed by atoms with van der Waals surface area (Å²) in [5.74, 6) is 0. The Morgan fingerprint density at radius 2 is 2.11 bits per heavy atom. The van der Waals surface area contributed by atoms with Gasteiger partial charge in [-0.25, -0.2) is 0 Å². The molecule has 0 spiro atoms. The summed E-state index contributed by atoms with van der Waals surface area (Å²) in [6, 6.07) is 4.05. The Balaban J connectivity index is 2.27. The number of hydrogen-bond donors (Lipinski definition) is 1. The van der Waals surface area contributed by atoms with Crippen molar-refractivity contribution in [3.8, 4) is 0 Å². The summed E-state index contributed by atoms with van der Waals surface area (Å²) in [4.78, 5) is 0. The van der Waals surface area contributed by atoms with Crippen LogP contribution in [0.5, 0.6) is 0 Å². The number of anilines is 1. The molecule has 2 rings (SSSR count). The van der Waals surface area contributed by atoms with E-state index < -0.39 is 11.7 Å². The first-order valence-corrected chi connectivity index (χ1v) is 6.42. The van der Waals surface area contributed by atoms with E-state index in [1.54, 1.807) is 6.07 Å². The monoisotopic (exact) mass is 323 g/mol. The maximum Gasteiger partial charge on any atom is 0.418 e. The second kappa shape index (κ2) is 5.09. The van der Waals surface area contributed by atoms with Gasteiger partial charge in [0.25, 0.3) is 0 Å². The van der Waals surface area contributed by atoms with Crippen molar-refractivity contribution in [1.82, 2.24) is 0 Å². The van der Waals surface area contributed by atoms with Crippen molar-refractivity contribution in [3.05, 3.63) is 28.2 Å². The molecule has 0 aromatic heterocycles. The van der Waals surface area contributed by atoms with Crippen LogP contribution >= 0.6 is 15.9 Å². The van der Waals surface area contributed by atoms with Gasteiger partial charge in [0, 0.05) is 16.8 Å². The van der Waals surface area contributed by atoms with Crippen LogP contribution in [-0.2, 0) is 10.9 Å². The minimum atomic E-state index is -4.37. The van der Waals surface area contributed by atoms with Crippen LogP contribution in [0.15, 0.2) is 22.7 Å². The van der Waals surface area contributed by atoms with E-state index in [9.17, 15) is 13.2 Å². The molecular formula is C12H13BrF3NO. The van der Waals surface area contributed by atoms with E-state index in [1.807, 2.05) is 6.92 Å². The summed E-state index contributed by atoms with van der Waals surface area (Å²) in [6.07, 6.45) is -3.72. The molecule has 100 valence electrons. The van der Waals surface area contributed by atoms with E-state index in [2.05, 4.69) is 21.2 Å². The molecule has 0 aliphatic carbocycles. The van der Waals surface area contributed by atoms with Crippen molar-refractivity contribution >= 4 is 21.6 Å². The summed E-state index contributed by atoms with van der Waals surface area (Å²) >= 11 is 3.06. The van der Waals surface area contributed by atoms with Gasteiger partial charge in [-0.2, -0.15) is 13.2 Å². The van der Waals surface area contributed by atoms with Gasteiger partial charge < -0.3 is 10.1 Å². The molecular weight excluding hydrogens is 311 g/mol. The third-order valence-corrected chi connectivity index (χ3v) is 3.50. The van der Waals surface area contributed by atoms with E-state index in [4.69, 9.17) is 4.74 Å². The average Bonchev–Trinajstić information content (AvgIpc) is 2.66. The van der Waals surface area contributed by atoms with Gasteiger partial charge in [-0.15, -0.1) is 0 Å². The van der Waals surface area contributed by atoms with Gasteiger partial charge in [0.1, 0.15) is 0 Å². The molecule has 1 N–H and O–H groups in total. The smallest absolute Gasteiger partial charge is 0.379 e. The number of alkyl halides is 3. The van der Waals surface area contributed by atoms with Crippen LogP contribution < -0.4 is 5.32 Å². The fourth-order valence-electron chi connectivity index (χ4n) is 2.00. The molecule has 1 fully saturated rings. The van der Waals surface area contributed by atoms with E-state index in [-0.39, 0.29) is 17.8 Å². The fourth-order valence-corrected chi connectivity index (χ4v) is 2.36. The second-order valence-corrected chi connectivity index (χ2v) is 5.22. The first-order chi connectivity index (χ1) is 8.38. The van der Waals surface area contributed by atoms with Crippen LogP contribution in [0.3, 0.4) is 0 Å². The lowest BCUT2D eigenvalue weighted by Gasteiger charge is -2.21. The summed E-state index contributed by atoms with van der Waals surface area (Å²) in [5, 5.41) is 2.93. The van der Waals surface area contributed by atoms with E-state index in [1.165, 1.54) is 6.07 Å². The Morgan fingerprint density at radius 3 is 2.67 bits per heavy atom. The molecule has 0 radical (unpaired) electrons. The number of nitrogens with one attached hydrogen (secondary N) is 1. The number of benzene rings is 1. The molecule has 0 saturated carbocycles. The summed E-state index contributed by atoms with van der Waals surface area (Å²) < 4.78 is 44.5. The lowest BCUT2D eigenvalue weighted by Crippen LogP contribution is -2.28. The van der Waals surface area contributed by atoms with Gasteiger partial charge in [-0.3, -0.25) is 0 Å². The zero-order valence-electron chi connectivity index (χ0n) is 9.72. The van der Waals surface area contributed by atoms with E-state index in [0.29, 0.717) is 17.5 Å². The largest absolute Gasteiger partial charge is 0.418 e. The van der Waals surface area contributed by atoms with Crippen molar-refractivity contribution in [2.45, 2.75) is 31.7 Å². The third-order valence-electron chi connectivity index (χ3n) is 3.00. The quantitative estimate of drug-likeness (QED) is 0.886. The number of ether oxygens (including phenoxy) is 1. The molecule has 1 aromatic rings. The third kappa shape index (κ3) is 2.98. The van der Waals surface area contributed by atoms with Gasteiger partial charge in [-0.05, 0) is 31.5 Å². The Bertz CT molecular complexity index is 436. The Morgan fingerprint density at radius 1 is 1.39 bits per heavy atom. The Hall–Kier alpha value is -0.750. The highest BCUT2D eigenvalue weighted by atomic mass is 79.9. The predicted octanol–water partition coefficient (Wildman–Crippen LogP) is 4.06. The molecule has 1 saturated heterocycles. The molecule has 2 nitrogen and oxygen atoms in total. The first kappa shape index (κ1) is 13.7. The fraction of sp³-hybridized carbons (Fsp3) is 0.500. The van der Waals surface area contributed by atoms with Crippen molar-refractivity contribution in [2.75, 3.05) is 11.9 Å². The second-order valence-electron chi connectivity index (χ2n) is 4.30. The minimum Gasteiger partial charge on any atom is -0.379 e. The van der Waals surface area contributed by atoms with Gasteiger partial charge >= 0.3 is 6.18 Å². The van der Waals surface area contributed by atoms with Crippen LogP contribution in [-0.4, -0.2) is 18.8 Å². The van der Waals surface area contributed by atoms with Gasteiger partial charge in [0.15, 0.2) is 0 Å². The summed E-state index contributed by atoms with van der Waals surface area (Å²) in [7, 11) is 0. The van der Waals surface area contributed by atoms with Gasteiger partial charge in [0.2, 0.25) is 0 Å². The van der Waals surface area contributed by atoms with Gasteiger partial charge in [0.05, 0.1) is 17.7 Å². The molecule has 6 heteroatoms. The molecule has 1 aliphatic heterocycles. The van der Waals surface area contributed by atoms with Crippen molar-refractivity contribution < 1.29 is 17.9 Å². The molecule has 1 aliphatic rings.